The van der Waals surface area contributed by atoms with E-state index < -0.39 is 0 Å². The SMILES string of the molecule is CC(N)C(c1ccc(Br)s1)N1CCC(O)C(C)C1. The normalized spacial score (nSPS) is 29.2. The standard InChI is InChI=1S/C13H21BrN2OS/c1-8-7-16(6-5-10(8)17)13(9(2)15)11-3-4-12(14)18-11/h3-4,8-10,13,17H,5-7,15H2,1-2H3. The van der Waals surface area contributed by atoms with Crippen LogP contribution in [0.3, 0.4) is 0 Å². The lowest BCUT2D eigenvalue weighted by Gasteiger charge is -2.40. The van der Waals surface area contributed by atoms with Crippen LogP contribution in [0.5, 0.6) is 0 Å². The number of hydrogen-bond donors (Lipinski definition) is 2. The summed E-state index contributed by atoms with van der Waals surface area (Å²) in [6.45, 7) is 6.02. The van der Waals surface area contributed by atoms with Gasteiger partial charge in [0.1, 0.15) is 0 Å². The molecular weight excluding hydrogens is 312 g/mol. The van der Waals surface area contributed by atoms with Crippen LogP contribution in [0.1, 0.15) is 31.2 Å². The van der Waals surface area contributed by atoms with Crippen molar-refractivity contribution in [1.82, 2.24) is 4.90 Å². The van der Waals surface area contributed by atoms with Crippen LogP contribution in [-0.4, -0.2) is 35.2 Å². The number of aliphatic hydroxyl groups is 1. The summed E-state index contributed by atoms with van der Waals surface area (Å²) in [4.78, 5) is 3.72. The summed E-state index contributed by atoms with van der Waals surface area (Å²) in [7, 11) is 0. The molecule has 1 aromatic rings. The highest BCUT2D eigenvalue weighted by Gasteiger charge is 2.32. The Kier molecular flexibility index (Phi) is 4.83. The van der Waals surface area contributed by atoms with Gasteiger partial charge in [-0.25, -0.2) is 0 Å². The Bertz CT molecular complexity index is 396. The highest BCUT2D eigenvalue weighted by molar-refractivity contribution is 9.11. The second kappa shape index (κ2) is 6.01. The zero-order chi connectivity index (χ0) is 13.3. The van der Waals surface area contributed by atoms with Gasteiger partial charge in [-0.1, -0.05) is 6.92 Å². The molecular formula is C13H21BrN2OS. The molecule has 102 valence electrons. The zero-order valence-corrected chi connectivity index (χ0v) is 13.2. The van der Waals surface area contributed by atoms with Gasteiger partial charge in [0, 0.05) is 24.0 Å². The van der Waals surface area contributed by atoms with Crippen LogP contribution in [0, 0.1) is 5.92 Å². The highest BCUT2D eigenvalue weighted by atomic mass is 79.9. The molecule has 1 aliphatic rings. The first-order chi connectivity index (χ1) is 8.49. The Morgan fingerprint density at radius 3 is 2.78 bits per heavy atom. The van der Waals surface area contributed by atoms with E-state index in [0.717, 1.165) is 23.3 Å². The average Bonchev–Trinajstić information content (AvgIpc) is 2.70. The molecule has 2 heterocycles. The number of likely N-dealkylation sites (tertiary alicyclic amines) is 1. The molecule has 0 radical (unpaired) electrons. The molecule has 0 amide bonds. The maximum absolute atomic E-state index is 9.83. The van der Waals surface area contributed by atoms with E-state index in [2.05, 4.69) is 46.8 Å². The van der Waals surface area contributed by atoms with Gasteiger partial charge in [0.25, 0.3) is 0 Å². The highest BCUT2D eigenvalue weighted by Crippen LogP contribution is 2.34. The summed E-state index contributed by atoms with van der Waals surface area (Å²) in [5.41, 5.74) is 6.18. The lowest BCUT2D eigenvalue weighted by Crippen LogP contribution is -2.47. The maximum atomic E-state index is 9.83. The van der Waals surface area contributed by atoms with Crippen LogP contribution in [0.25, 0.3) is 0 Å². The van der Waals surface area contributed by atoms with Crippen molar-refractivity contribution in [3.05, 3.63) is 20.8 Å². The number of nitrogens with zero attached hydrogens (tertiary/aromatic N) is 1. The van der Waals surface area contributed by atoms with Crippen molar-refractivity contribution < 1.29 is 5.11 Å². The molecule has 0 aromatic carbocycles. The maximum Gasteiger partial charge on any atom is 0.0702 e. The molecule has 4 unspecified atom stereocenters. The van der Waals surface area contributed by atoms with Crippen LogP contribution in [0.2, 0.25) is 0 Å². The minimum atomic E-state index is -0.162. The van der Waals surface area contributed by atoms with Crippen LogP contribution in [-0.2, 0) is 0 Å². The average molecular weight is 333 g/mol. The number of piperidine rings is 1. The van der Waals surface area contributed by atoms with Crippen molar-refractivity contribution in [2.24, 2.45) is 11.7 Å². The topological polar surface area (TPSA) is 49.5 Å². The van der Waals surface area contributed by atoms with Gasteiger partial charge in [0.05, 0.1) is 15.9 Å². The number of nitrogens with two attached hydrogens (primary N) is 1. The Labute approximate surface area is 121 Å². The largest absolute Gasteiger partial charge is 0.393 e. The summed E-state index contributed by atoms with van der Waals surface area (Å²) < 4.78 is 1.15. The van der Waals surface area contributed by atoms with E-state index in [1.54, 1.807) is 11.3 Å². The third-order valence-electron chi connectivity index (χ3n) is 3.67. The van der Waals surface area contributed by atoms with E-state index >= 15 is 0 Å². The molecule has 1 aliphatic heterocycles. The van der Waals surface area contributed by atoms with Crippen LogP contribution < -0.4 is 5.73 Å². The van der Waals surface area contributed by atoms with Gasteiger partial charge in [0.15, 0.2) is 0 Å². The summed E-state index contributed by atoms with van der Waals surface area (Å²) in [6, 6.07) is 4.59. The second-order valence-electron chi connectivity index (χ2n) is 5.27. The molecule has 2 rings (SSSR count). The Hall–Kier alpha value is 0.0600. The molecule has 0 spiro atoms. The molecule has 0 saturated carbocycles. The monoisotopic (exact) mass is 332 g/mol. The summed E-state index contributed by atoms with van der Waals surface area (Å²) in [5.74, 6) is 0.323. The van der Waals surface area contributed by atoms with Crippen molar-refractivity contribution in [2.75, 3.05) is 13.1 Å². The van der Waals surface area contributed by atoms with E-state index in [9.17, 15) is 5.11 Å². The Balaban J connectivity index is 2.16. The van der Waals surface area contributed by atoms with Crippen molar-refractivity contribution in [1.29, 1.82) is 0 Å². The van der Waals surface area contributed by atoms with Gasteiger partial charge < -0.3 is 10.8 Å². The van der Waals surface area contributed by atoms with Crippen molar-refractivity contribution in [3.8, 4) is 0 Å². The molecule has 1 saturated heterocycles. The van der Waals surface area contributed by atoms with Crippen LogP contribution in [0.4, 0.5) is 0 Å². The first-order valence-electron chi connectivity index (χ1n) is 6.42. The molecule has 1 aromatic heterocycles. The van der Waals surface area contributed by atoms with E-state index in [1.165, 1.54) is 4.88 Å². The van der Waals surface area contributed by atoms with E-state index in [0.29, 0.717) is 5.92 Å². The van der Waals surface area contributed by atoms with E-state index in [4.69, 9.17) is 5.73 Å². The Morgan fingerprint density at radius 2 is 2.28 bits per heavy atom. The number of aliphatic hydroxyl groups excluding tert-OH is 1. The predicted octanol–water partition coefficient (Wildman–Crippen LogP) is 2.60. The van der Waals surface area contributed by atoms with Crippen LogP contribution >= 0.6 is 27.3 Å². The predicted molar refractivity (Wildman–Crippen MR) is 79.8 cm³/mol. The van der Waals surface area contributed by atoms with E-state index in [1.807, 2.05) is 0 Å². The van der Waals surface area contributed by atoms with Gasteiger partial charge in [-0.05, 0) is 47.3 Å². The molecule has 5 heteroatoms. The van der Waals surface area contributed by atoms with Crippen molar-refractivity contribution >= 4 is 27.3 Å². The third-order valence-corrected chi connectivity index (χ3v) is 5.36. The van der Waals surface area contributed by atoms with Gasteiger partial charge in [-0.15, -0.1) is 11.3 Å². The minimum absolute atomic E-state index is 0.0954. The fourth-order valence-electron chi connectivity index (χ4n) is 2.68. The molecule has 1 fully saturated rings. The lowest BCUT2D eigenvalue weighted by atomic mass is 9.94. The number of rotatable bonds is 3. The number of halogens is 1. The number of thiophene rings is 1. The first-order valence-corrected chi connectivity index (χ1v) is 8.03. The summed E-state index contributed by atoms with van der Waals surface area (Å²) in [5, 5.41) is 9.83. The fraction of sp³-hybridized carbons (Fsp3) is 0.692. The number of hydrogen-bond acceptors (Lipinski definition) is 4. The molecule has 18 heavy (non-hydrogen) atoms. The quantitative estimate of drug-likeness (QED) is 0.894. The van der Waals surface area contributed by atoms with Gasteiger partial charge >= 0.3 is 0 Å². The van der Waals surface area contributed by atoms with E-state index in [-0.39, 0.29) is 18.2 Å². The smallest absolute Gasteiger partial charge is 0.0702 e. The Morgan fingerprint density at radius 1 is 1.56 bits per heavy atom. The van der Waals surface area contributed by atoms with Gasteiger partial charge in [-0.2, -0.15) is 0 Å². The third kappa shape index (κ3) is 3.14. The van der Waals surface area contributed by atoms with Crippen LogP contribution in [0.15, 0.2) is 15.9 Å². The molecule has 4 atom stereocenters. The first kappa shape index (κ1) is 14.5. The van der Waals surface area contributed by atoms with Crippen molar-refractivity contribution in [3.63, 3.8) is 0 Å². The molecule has 3 N–H and O–H groups in total. The lowest BCUT2D eigenvalue weighted by molar-refractivity contribution is 0.0133. The second-order valence-corrected chi connectivity index (χ2v) is 7.77. The zero-order valence-electron chi connectivity index (χ0n) is 10.8. The minimum Gasteiger partial charge on any atom is -0.393 e. The van der Waals surface area contributed by atoms with Crippen molar-refractivity contribution in [2.45, 2.75) is 38.5 Å². The summed E-state index contributed by atoms with van der Waals surface area (Å²) >= 11 is 5.27. The molecule has 0 aliphatic carbocycles. The summed E-state index contributed by atoms with van der Waals surface area (Å²) in [6.07, 6.45) is 0.682. The fourth-order valence-corrected chi connectivity index (χ4v) is 4.35. The van der Waals surface area contributed by atoms with Gasteiger partial charge in [-0.3, -0.25) is 4.90 Å². The van der Waals surface area contributed by atoms with Gasteiger partial charge in [0.2, 0.25) is 0 Å². The molecule has 3 nitrogen and oxygen atoms in total. The molecule has 0 bridgehead atoms.